The van der Waals surface area contributed by atoms with E-state index in [1.165, 1.54) is 18.2 Å². The molecule has 0 spiro atoms. The van der Waals surface area contributed by atoms with Crippen molar-refractivity contribution in [1.82, 2.24) is 4.98 Å². The molecule has 0 saturated heterocycles. The molecule has 1 aromatic heterocycles. The maximum absolute atomic E-state index is 13.5. The zero-order chi connectivity index (χ0) is 14.5. The van der Waals surface area contributed by atoms with E-state index in [4.69, 9.17) is 5.73 Å². The molecule has 1 unspecified atom stereocenters. The van der Waals surface area contributed by atoms with Gasteiger partial charge in [-0.2, -0.15) is 0 Å². The third-order valence-corrected chi connectivity index (χ3v) is 3.29. The Bertz CT molecular complexity index is 547. The van der Waals surface area contributed by atoms with Gasteiger partial charge >= 0.3 is 0 Å². The molecule has 0 aliphatic heterocycles. The largest absolute Gasteiger partial charge is 0.327 e. The summed E-state index contributed by atoms with van der Waals surface area (Å²) in [7, 11) is 0. The summed E-state index contributed by atoms with van der Waals surface area (Å²) in [4.78, 5) is 4.31. The Hall–Kier alpha value is -1.81. The fourth-order valence-corrected chi connectivity index (χ4v) is 2.12. The molecule has 0 fully saturated rings. The van der Waals surface area contributed by atoms with E-state index in [0.29, 0.717) is 6.42 Å². The maximum Gasteiger partial charge on any atom is 0.129 e. The fraction of sp³-hybridized carbons (Fsp3) is 0.312. The number of aryl methyl sites for hydroxylation is 1. The van der Waals surface area contributed by atoms with Crippen LogP contribution in [0.2, 0.25) is 0 Å². The summed E-state index contributed by atoms with van der Waals surface area (Å²) in [5, 5.41) is 0. The number of rotatable bonds is 5. The number of hydrogen-bond donors (Lipinski definition) is 1. The highest BCUT2D eigenvalue weighted by molar-refractivity contribution is 5.21. The Morgan fingerprint density at radius 3 is 2.35 bits per heavy atom. The number of hydrogen-bond acceptors (Lipinski definition) is 2. The Kier molecular flexibility index (Phi) is 4.79. The smallest absolute Gasteiger partial charge is 0.129 e. The third kappa shape index (κ3) is 3.61. The fourth-order valence-electron chi connectivity index (χ4n) is 2.12. The number of nitrogens with two attached hydrogens (primary N) is 1. The molecular formula is C16H18F2N2. The second-order valence-corrected chi connectivity index (χ2v) is 4.88. The van der Waals surface area contributed by atoms with Crippen molar-refractivity contribution in [3.8, 4) is 0 Å². The second-order valence-electron chi connectivity index (χ2n) is 4.88. The highest BCUT2D eigenvalue weighted by Crippen LogP contribution is 2.15. The van der Waals surface area contributed by atoms with E-state index in [1.807, 2.05) is 18.3 Å². The van der Waals surface area contributed by atoms with Gasteiger partial charge in [0, 0.05) is 29.9 Å². The highest BCUT2D eigenvalue weighted by atomic mass is 19.1. The van der Waals surface area contributed by atoms with Crippen molar-refractivity contribution in [2.24, 2.45) is 5.73 Å². The van der Waals surface area contributed by atoms with Gasteiger partial charge in [0.05, 0.1) is 0 Å². The minimum Gasteiger partial charge on any atom is -0.327 e. The van der Waals surface area contributed by atoms with Crippen LogP contribution < -0.4 is 5.73 Å². The van der Waals surface area contributed by atoms with E-state index in [0.717, 1.165) is 17.7 Å². The van der Waals surface area contributed by atoms with Crippen molar-refractivity contribution < 1.29 is 8.78 Å². The lowest BCUT2D eigenvalue weighted by Crippen LogP contribution is -2.27. The topological polar surface area (TPSA) is 38.9 Å². The molecule has 106 valence electrons. The summed E-state index contributed by atoms with van der Waals surface area (Å²) in [6, 6.07) is 7.40. The summed E-state index contributed by atoms with van der Waals surface area (Å²) < 4.78 is 27.1. The van der Waals surface area contributed by atoms with Crippen LogP contribution in [0.1, 0.15) is 23.7 Å². The van der Waals surface area contributed by atoms with Crippen molar-refractivity contribution in [3.05, 3.63) is 65.0 Å². The van der Waals surface area contributed by atoms with Gasteiger partial charge in [0.25, 0.3) is 0 Å². The van der Waals surface area contributed by atoms with Crippen LogP contribution in [-0.4, -0.2) is 11.0 Å². The Morgan fingerprint density at radius 1 is 1.10 bits per heavy atom. The standard InChI is InChI=1S/C16H18F2N2/c1-2-11-6-7-13(20-10-11)8-12(19)9-14-15(17)4-3-5-16(14)18/h3-7,10,12H,2,8-9,19H2,1H3. The summed E-state index contributed by atoms with van der Waals surface area (Å²) in [5.74, 6) is -1.09. The van der Waals surface area contributed by atoms with E-state index >= 15 is 0 Å². The molecule has 2 aromatic rings. The zero-order valence-electron chi connectivity index (χ0n) is 11.4. The Balaban J connectivity index is 2.03. The first-order chi connectivity index (χ1) is 9.60. The quantitative estimate of drug-likeness (QED) is 0.911. The summed E-state index contributed by atoms with van der Waals surface area (Å²) in [6.45, 7) is 2.06. The van der Waals surface area contributed by atoms with E-state index < -0.39 is 11.6 Å². The predicted octanol–water partition coefficient (Wildman–Crippen LogP) is 3.03. The van der Waals surface area contributed by atoms with Crippen LogP contribution in [0.4, 0.5) is 8.78 Å². The molecule has 0 saturated carbocycles. The lowest BCUT2D eigenvalue weighted by molar-refractivity contribution is 0.532. The number of nitrogens with zero attached hydrogens (tertiary/aromatic N) is 1. The van der Waals surface area contributed by atoms with Crippen molar-refractivity contribution in [1.29, 1.82) is 0 Å². The lowest BCUT2D eigenvalue weighted by Gasteiger charge is -2.12. The molecule has 0 aliphatic rings. The number of benzene rings is 1. The van der Waals surface area contributed by atoms with Gasteiger partial charge in [0.15, 0.2) is 0 Å². The van der Waals surface area contributed by atoms with Gasteiger partial charge in [-0.15, -0.1) is 0 Å². The molecule has 4 heteroatoms. The van der Waals surface area contributed by atoms with E-state index in [-0.39, 0.29) is 18.0 Å². The molecule has 0 aliphatic carbocycles. The normalized spacial score (nSPS) is 12.4. The lowest BCUT2D eigenvalue weighted by atomic mass is 10.0. The summed E-state index contributed by atoms with van der Waals surface area (Å²) >= 11 is 0. The molecular weight excluding hydrogens is 258 g/mol. The number of aromatic nitrogens is 1. The molecule has 1 heterocycles. The van der Waals surface area contributed by atoms with Crippen molar-refractivity contribution in [3.63, 3.8) is 0 Å². The van der Waals surface area contributed by atoms with Gasteiger partial charge in [-0.25, -0.2) is 8.78 Å². The van der Waals surface area contributed by atoms with E-state index in [1.54, 1.807) is 0 Å². The van der Waals surface area contributed by atoms with Gasteiger partial charge < -0.3 is 5.73 Å². The Labute approximate surface area is 117 Å². The van der Waals surface area contributed by atoms with Crippen LogP contribution >= 0.6 is 0 Å². The molecule has 0 bridgehead atoms. The van der Waals surface area contributed by atoms with Crippen LogP contribution in [0, 0.1) is 11.6 Å². The minimum atomic E-state index is -0.547. The number of halogens is 2. The van der Waals surface area contributed by atoms with Crippen LogP contribution in [0.5, 0.6) is 0 Å². The zero-order valence-corrected chi connectivity index (χ0v) is 11.4. The van der Waals surface area contributed by atoms with Crippen molar-refractivity contribution >= 4 is 0 Å². The summed E-state index contributed by atoms with van der Waals surface area (Å²) in [5.41, 5.74) is 8.01. The van der Waals surface area contributed by atoms with Crippen molar-refractivity contribution in [2.75, 3.05) is 0 Å². The van der Waals surface area contributed by atoms with E-state index in [9.17, 15) is 8.78 Å². The predicted molar refractivity (Wildman–Crippen MR) is 75.4 cm³/mol. The highest BCUT2D eigenvalue weighted by Gasteiger charge is 2.13. The van der Waals surface area contributed by atoms with Gasteiger partial charge in [-0.3, -0.25) is 4.98 Å². The monoisotopic (exact) mass is 276 g/mol. The van der Waals surface area contributed by atoms with Crippen LogP contribution in [0.3, 0.4) is 0 Å². The van der Waals surface area contributed by atoms with Crippen LogP contribution in [0.15, 0.2) is 36.5 Å². The second kappa shape index (κ2) is 6.57. The molecule has 1 atom stereocenters. The first kappa shape index (κ1) is 14.6. The molecule has 2 nitrogen and oxygen atoms in total. The minimum absolute atomic E-state index is 0.0465. The number of pyridine rings is 1. The SMILES string of the molecule is CCc1ccc(CC(N)Cc2c(F)cccc2F)nc1. The maximum atomic E-state index is 13.5. The molecule has 20 heavy (non-hydrogen) atoms. The molecule has 2 N–H and O–H groups in total. The van der Waals surface area contributed by atoms with E-state index in [2.05, 4.69) is 11.9 Å². The van der Waals surface area contributed by atoms with Crippen LogP contribution in [-0.2, 0) is 19.3 Å². The molecule has 1 aromatic carbocycles. The first-order valence-electron chi connectivity index (χ1n) is 6.72. The molecule has 0 amide bonds. The first-order valence-corrected chi connectivity index (χ1v) is 6.72. The van der Waals surface area contributed by atoms with Gasteiger partial charge in [-0.1, -0.05) is 19.1 Å². The average molecular weight is 276 g/mol. The van der Waals surface area contributed by atoms with Crippen molar-refractivity contribution in [2.45, 2.75) is 32.2 Å². The van der Waals surface area contributed by atoms with Gasteiger partial charge in [0.1, 0.15) is 11.6 Å². The average Bonchev–Trinajstić information content (AvgIpc) is 2.44. The molecule has 2 rings (SSSR count). The molecule has 0 radical (unpaired) electrons. The Morgan fingerprint density at radius 2 is 1.80 bits per heavy atom. The van der Waals surface area contributed by atoms with Gasteiger partial charge in [0.2, 0.25) is 0 Å². The third-order valence-electron chi connectivity index (χ3n) is 3.29. The van der Waals surface area contributed by atoms with Crippen LogP contribution in [0.25, 0.3) is 0 Å². The van der Waals surface area contributed by atoms with Gasteiger partial charge in [-0.05, 0) is 36.6 Å². The summed E-state index contributed by atoms with van der Waals surface area (Å²) in [6.07, 6.45) is 3.40.